The van der Waals surface area contributed by atoms with E-state index in [2.05, 4.69) is 19.9 Å². The number of rotatable bonds is 13. The molecular formula is C34H42N6O3. The second-order valence-electron chi connectivity index (χ2n) is 11.7. The molecule has 1 saturated carbocycles. The summed E-state index contributed by atoms with van der Waals surface area (Å²) >= 11 is 0. The topological polar surface area (TPSA) is 141 Å². The number of benzene rings is 2. The van der Waals surface area contributed by atoms with E-state index in [1.807, 2.05) is 60.7 Å². The Hall–Kier alpha value is -4.08. The van der Waals surface area contributed by atoms with Crippen molar-refractivity contribution in [2.75, 3.05) is 0 Å². The Morgan fingerprint density at radius 1 is 0.907 bits per heavy atom. The SMILES string of the molecule is N[C@@H](Cc1cnc[nH]1)C(=O)N(C(=O)C(Cc1ccccc1)Cc1ccccc1)C(CC1CCCCC1)C(O)c1ncc[nH]1. The van der Waals surface area contributed by atoms with Crippen LogP contribution in [0, 0.1) is 11.8 Å². The molecule has 5 N–H and O–H groups in total. The molecule has 0 saturated heterocycles. The van der Waals surface area contributed by atoms with Crippen LogP contribution < -0.4 is 5.73 Å². The molecule has 2 aromatic heterocycles. The number of carbonyl (C=O) groups excluding carboxylic acids is 2. The molecule has 43 heavy (non-hydrogen) atoms. The normalized spacial score (nSPS) is 16.1. The van der Waals surface area contributed by atoms with Crippen molar-refractivity contribution in [3.8, 4) is 0 Å². The summed E-state index contributed by atoms with van der Waals surface area (Å²) in [4.78, 5) is 44.9. The smallest absolute Gasteiger partial charge is 0.246 e. The van der Waals surface area contributed by atoms with Crippen LogP contribution in [0.5, 0.6) is 0 Å². The maximum absolute atomic E-state index is 14.8. The number of aliphatic hydroxyl groups is 1. The van der Waals surface area contributed by atoms with Crippen LogP contribution in [-0.4, -0.2) is 53.8 Å². The fourth-order valence-corrected chi connectivity index (χ4v) is 6.34. The second kappa shape index (κ2) is 14.9. The van der Waals surface area contributed by atoms with Crippen molar-refractivity contribution >= 4 is 11.8 Å². The van der Waals surface area contributed by atoms with Gasteiger partial charge in [0.1, 0.15) is 11.9 Å². The predicted molar refractivity (Wildman–Crippen MR) is 164 cm³/mol. The van der Waals surface area contributed by atoms with Crippen LogP contribution in [0.3, 0.4) is 0 Å². The molecule has 2 heterocycles. The van der Waals surface area contributed by atoms with Crippen LogP contribution in [0.15, 0.2) is 85.6 Å². The highest BCUT2D eigenvalue weighted by molar-refractivity contribution is 5.99. The number of H-pyrrole nitrogens is 2. The van der Waals surface area contributed by atoms with E-state index in [1.54, 1.807) is 18.6 Å². The van der Waals surface area contributed by atoms with Crippen molar-refractivity contribution in [2.24, 2.45) is 17.6 Å². The molecule has 0 bridgehead atoms. The highest BCUT2D eigenvalue weighted by Gasteiger charge is 2.42. The Bertz CT molecular complexity index is 1350. The van der Waals surface area contributed by atoms with Gasteiger partial charge in [0.2, 0.25) is 11.8 Å². The van der Waals surface area contributed by atoms with E-state index in [4.69, 9.17) is 5.73 Å². The number of imide groups is 1. The lowest BCUT2D eigenvalue weighted by Gasteiger charge is -2.38. The number of aromatic nitrogens is 4. The van der Waals surface area contributed by atoms with E-state index in [1.165, 1.54) is 17.6 Å². The standard InChI is InChI=1S/C34H42N6O3/c35-29(21-28-22-36-23-39-28)34(43)40(30(20-26-14-8-3-9-15-26)31(41)32-37-16-17-38-32)33(42)27(18-24-10-4-1-5-11-24)19-25-12-6-2-7-13-25/h1-2,4-7,10-13,16-17,22-23,26-27,29-31,41H,3,8-9,14-15,18-21,35H2,(H,36,39)(H,37,38)/t29-,30?,31?/m0/s1. The number of nitrogens with zero attached hydrogens (tertiary/aromatic N) is 3. The number of amides is 2. The van der Waals surface area contributed by atoms with Gasteiger partial charge in [-0.25, -0.2) is 9.97 Å². The van der Waals surface area contributed by atoms with Crippen LogP contribution >= 0.6 is 0 Å². The van der Waals surface area contributed by atoms with Gasteiger partial charge >= 0.3 is 0 Å². The Morgan fingerprint density at radius 2 is 1.56 bits per heavy atom. The van der Waals surface area contributed by atoms with Crippen LogP contribution in [0.1, 0.15) is 67.3 Å². The molecule has 0 aliphatic heterocycles. The largest absolute Gasteiger partial charge is 0.383 e. The molecule has 9 heteroatoms. The van der Waals surface area contributed by atoms with Crippen molar-refractivity contribution in [3.05, 3.63) is 108 Å². The summed E-state index contributed by atoms with van der Waals surface area (Å²) in [5.74, 6) is -0.778. The van der Waals surface area contributed by atoms with Gasteiger partial charge < -0.3 is 20.8 Å². The summed E-state index contributed by atoms with van der Waals surface area (Å²) in [5.41, 5.74) is 9.25. The van der Waals surface area contributed by atoms with Crippen LogP contribution in [0.4, 0.5) is 0 Å². The first kappa shape index (κ1) is 30.4. The third-order valence-electron chi connectivity index (χ3n) is 8.58. The van der Waals surface area contributed by atoms with Gasteiger partial charge in [0, 0.05) is 36.6 Å². The molecule has 226 valence electrons. The molecule has 2 aromatic carbocycles. The Labute approximate surface area is 253 Å². The summed E-state index contributed by atoms with van der Waals surface area (Å²) in [6, 6.07) is 17.9. The molecule has 1 aliphatic carbocycles. The maximum Gasteiger partial charge on any atom is 0.246 e. The average molecular weight is 583 g/mol. The highest BCUT2D eigenvalue weighted by atomic mass is 16.3. The fraction of sp³-hybridized carbons (Fsp3) is 0.412. The Morgan fingerprint density at radius 3 is 2.12 bits per heavy atom. The first-order valence-corrected chi connectivity index (χ1v) is 15.3. The first-order valence-electron chi connectivity index (χ1n) is 15.3. The number of carbonyl (C=O) groups is 2. The van der Waals surface area contributed by atoms with Crippen molar-refractivity contribution in [2.45, 2.75) is 76.0 Å². The number of nitrogens with two attached hydrogens (primary N) is 1. The zero-order valence-electron chi connectivity index (χ0n) is 24.5. The first-order chi connectivity index (χ1) is 21.0. The van der Waals surface area contributed by atoms with Crippen molar-refractivity contribution in [1.82, 2.24) is 24.8 Å². The molecule has 2 amide bonds. The van der Waals surface area contributed by atoms with Crippen LogP contribution in [0.2, 0.25) is 0 Å². The van der Waals surface area contributed by atoms with Crippen molar-refractivity contribution in [1.29, 1.82) is 0 Å². The van der Waals surface area contributed by atoms with E-state index >= 15 is 0 Å². The van der Waals surface area contributed by atoms with E-state index in [0.29, 0.717) is 30.8 Å². The van der Waals surface area contributed by atoms with E-state index in [9.17, 15) is 14.7 Å². The third kappa shape index (κ3) is 8.06. The highest BCUT2D eigenvalue weighted by Crippen LogP contribution is 2.34. The zero-order chi connectivity index (χ0) is 30.0. The van der Waals surface area contributed by atoms with E-state index < -0.39 is 30.0 Å². The molecule has 9 nitrogen and oxygen atoms in total. The minimum Gasteiger partial charge on any atom is -0.383 e. The fourth-order valence-electron chi connectivity index (χ4n) is 6.34. The van der Waals surface area contributed by atoms with Gasteiger partial charge in [-0.1, -0.05) is 92.8 Å². The van der Waals surface area contributed by atoms with Gasteiger partial charge in [0.15, 0.2) is 0 Å². The lowest BCUT2D eigenvalue weighted by molar-refractivity contribution is -0.155. The average Bonchev–Trinajstić information content (AvgIpc) is 3.77. The number of nitrogens with one attached hydrogen (secondary N) is 2. The second-order valence-corrected chi connectivity index (χ2v) is 11.7. The molecule has 1 aliphatic rings. The lowest BCUT2D eigenvalue weighted by Crippen LogP contribution is -2.56. The van der Waals surface area contributed by atoms with Gasteiger partial charge in [-0.05, 0) is 36.3 Å². The Balaban J connectivity index is 1.54. The summed E-state index contributed by atoms with van der Waals surface area (Å²) in [6.45, 7) is 0. The van der Waals surface area contributed by atoms with Gasteiger partial charge in [0.25, 0.3) is 0 Å². The molecule has 2 unspecified atom stereocenters. The van der Waals surface area contributed by atoms with Gasteiger partial charge in [0.05, 0.1) is 18.4 Å². The number of aromatic amines is 2. The summed E-state index contributed by atoms with van der Waals surface area (Å²) in [6.07, 6.45) is 12.1. The number of imidazole rings is 2. The van der Waals surface area contributed by atoms with Crippen LogP contribution in [-0.2, 0) is 28.9 Å². The third-order valence-corrected chi connectivity index (χ3v) is 8.58. The summed E-state index contributed by atoms with van der Waals surface area (Å²) < 4.78 is 0. The minimum atomic E-state index is -1.18. The molecule has 0 spiro atoms. The lowest BCUT2D eigenvalue weighted by atomic mass is 9.82. The molecule has 1 fully saturated rings. The number of hydrogen-bond acceptors (Lipinski definition) is 6. The van der Waals surface area contributed by atoms with Gasteiger partial charge in [-0.2, -0.15) is 0 Å². The van der Waals surface area contributed by atoms with Gasteiger partial charge in [-0.15, -0.1) is 0 Å². The van der Waals surface area contributed by atoms with Crippen molar-refractivity contribution < 1.29 is 14.7 Å². The van der Waals surface area contributed by atoms with E-state index in [0.717, 1.165) is 36.8 Å². The maximum atomic E-state index is 14.8. The number of aliphatic hydroxyl groups excluding tert-OH is 1. The van der Waals surface area contributed by atoms with Gasteiger partial charge in [-0.3, -0.25) is 14.5 Å². The van der Waals surface area contributed by atoms with Crippen LogP contribution in [0.25, 0.3) is 0 Å². The molecule has 5 rings (SSSR count). The Kier molecular flexibility index (Phi) is 10.5. The quantitative estimate of drug-likeness (QED) is 0.183. The van der Waals surface area contributed by atoms with Crippen molar-refractivity contribution in [3.63, 3.8) is 0 Å². The minimum absolute atomic E-state index is 0.192. The van der Waals surface area contributed by atoms with E-state index in [-0.39, 0.29) is 18.2 Å². The molecular weight excluding hydrogens is 540 g/mol. The molecule has 3 atom stereocenters. The summed E-state index contributed by atoms with van der Waals surface area (Å²) in [5, 5.41) is 11.8. The number of hydrogen-bond donors (Lipinski definition) is 4. The zero-order valence-corrected chi connectivity index (χ0v) is 24.5. The monoisotopic (exact) mass is 582 g/mol. The molecule has 4 aromatic rings. The predicted octanol–water partition coefficient (Wildman–Crippen LogP) is 4.53. The summed E-state index contributed by atoms with van der Waals surface area (Å²) in [7, 11) is 0. The molecule has 0 radical (unpaired) electrons.